The van der Waals surface area contributed by atoms with Crippen LogP contribution in [0.25, 0.3) is 6.08 Å². The third-order valence-corrected chi connectivity index (χ3v) is 5.60. The normalized spacial score (nSPS) is 12.5. The quantitative estimate of drug-likeness (QED) is 0.745. The van der Waals surface area contributed by atoms with Crippen LogP contribution in [0.5, 0.6) is 5.75 Å². The summed E-state index contributed by atoms with van der Waals surface area (Å²) in [5.41, 5.74) is 1.83. The summed E-state index contributed by atoms with van der Waals surface area (Å²) in [5.74, 6) is 0.821. The third-order valence-electron chi connectivity index (χ3n) is 4.18. The number of rotatable bonds is 8. The number of hydrogen-bond acceptors (Lipinski definition) is 3. The van der Waals surface area contributed by atoms with Gasteiger partial charge in [0, 0.05) is 12.1 Å². The fraction of sp³-hybridized carbons (Fsp3) is 0.333. The van der Waals surface area contributed by atoms with Crippen molar-refractivity contribution < 1.29 is 13.2 Å². The van der Waals surface area contributed by atoms with Crippen LogP contribution in [0.3, 0.4) is 0 Å². The number of para-hydroxylation sites is 1. The van der Waals surface area contributed by atoms with Gasteiger partial charge in [0.25, 0.3) is 0 Å². The number of hydrogen-bond donors (Lipinski definition) is 1. The summed E-state index contributed by atoms with van der Waals surface area (Å²) in [6.07, 6.45) is 4.80. The number of nitrogens with one attached hydrogen (secondary N) is 1. The molecular formula is C21H27NO3S. The van der Waals surface area contributed by atoms with Crippen molar-refractivity contribution >= 4 is 16.1 Å². The first-order valence-electron chi connectivity index (χ1n) is 8.59. The summed E-state index contributed by atoms with van der Waals surface area (Å²) in [6.45, 7) is 6.37. The molecule has 2 aromatic carbocycles. The molecule has 4 nitrogen and oxygen atoms in total. The molecule has 2 aromatic rings. The molecule has 5 heteroatoms. The highest BCUT2D eigenvalue weighted by Gasteiger charge is 2.21. The molecule has 2 rings (SSSR count). The fourth-order valence-corrected chi connectivity index (χ4v) is 3.71. The molecule has 0 saturated carbocycles. The highest BCUT2D eigenvalue weighted by atomic mass is 32.2. The molecule has 0 amide bonds. The molecule has 0 radical (unpaired) electrons. The van der Waals surface area contributed by atoms with Crippen molar-refractivity contribution in [3.63, 3.8) is 0 Å². The van der Waals surface area contributed by atoms with Gasteiger partial charge >= 0.3 is 0 Å². The van der Waals surface area contributed by atoms with Crippen LogP contribution in [-0.4, -0.2) is 22.1 Å². The molecule has 0 heterocycles. The molecule has 0 spiro atoms. The van der Waals surface area contributed by atoms with Gasteiger partial charge in [-0.05, 0) is 37.0 Å². The van der Waals surface area contributed by atoms with Gasteiger partial charge in [-0.25, -0.2) is 13.1 Å². The molecule has 0 aromatic heterocycles. The van der Waals surface area contributed by atoms with E-state index < -0.39 is 10.0 Å². The van der Waals surface area contributed by atoms with Gasteiger partial charge in [-0.1, -0.05) is 61.9 Å². The van der Waals surface area contributed by atoms with Gasteiger partial charge in [0.1, 0.15) is 5.75 Å². The van der Waals surface area contributed by atoms with Crippen molar-refractivity contribution in [2.45, 2.75) is 32.1 Å². The molecule has 1 N–H and O–H groups in total. The molecule has 0 atom stereocenters. The monoisotopic (exact) mass is 373 g/mol. The Morgan fingerprint density at radius 1 is 1.08 bits per heavy atom. The Kier molecular flexibility index (Phi) is 6.62. The van der Waals surface area contributed by atoms with E-state index in [1.807, 2.05) is 51.1 Å². The number of aryl methyl sites for hydroxylation is 1. The minimum Gasteiger partial charge on any atom is -0.496 e. The first-order valence-corrected chi connectivity index (χ1v) is 10.1. The van der Waals surface area contributed by atoms with E-state index in [1.54, 1.807) is 31.4 Å². The number of sulfonamides is 1. The fourth-order valence-electron chi connectivity index (χ4n) is 2.47. The van der Waals surface area contributed by atoms with Crippen LogP contribution in [-0.2, 0) is 10.0 Å². The Bertz CT molecular complexity index is 853. The van der Waals surface area contributed by atoms with Crippen LogP contribution >= 0.6 is 0 Å². The molecule has 0 saturated heterocycles. The van der Waals surface area contributed by atoms with Gasteiger partial charge in [-0.2, -0.15) is 0 Å². The lowest BCUT2D eigenvalue weighted by Gasteiger charge is -2.23. The van der Waals surface area contributed by atoms with Gasteiger partial charge in [0.15, 0.2) is 0 Å². The zero-order valence-corrected chi connectivity index (χ0v) is 16.6. The Morgan fingerprint density at radius 3 is 2.38 bits per heavy atom. The molecule has 140 valence electrons. The minimum absolute atomic E-state index is 0.212. The van der Waals surface area contributed by atoms with E-state index in [1.165, 1.54) is 0 Å². The van der Waals surface area contributed by atoms with Crippen molar-refractivity contribution in [2.24, 2.45) is 5.41 Å². The molecule has 0 aliphatic carbocycles. The minimum atomic E-state index is -3.49. The standard InChI is InChI=1S/C21H27NO3S/c1-17-11-13-19(14-12-17)26(23,24)22-16-21(2,3)15-7-9-18-8-5-6-10-20(18)25-4/h5-14,22H,15-16H2,1-4H3/b9-7+. The molecule has 0 fully saturated rings. The van der Waals surface area contributed by atoms with Crippen LogP contribution < -0.4 is 9.46 Å². The second kappa shape index (κ2) is 8.52. The number of allylic oxidation sites excluding steroid dienone is 1. The van der Waals surface area contributed by atoms with Crippen LogP contribution in [0.15, 0.2) is 59.5 Å². The predicted octanol–water partition coefficient (Wildman–Crippen LogP) is 4.41. The highest BCUT2D eigenvalue weighted by molar-refractivity contribution is 7.89. The summed E-state index contributed by atoms with van der Waals surface area (Å²) in [7, 11) is -1.84. The van der Waals surface area contributed by atoms with E-state index in [4.69, 9.17) is 4.74 Å². The SMILES string of the molecule is COc1ccccc1/C=C/CC(C)(C)CNS(=O)(=O)c1ccc(C)cc1. The second-order valence-electron chi connectivity index (χ2n) is 7.15. The maximum absolute atomic E-state index is 12.4. The molecule has 0 aliphatic heterocycles. The lowest BCUT2D eigenvalue weighted by molar-refractivity contribution is 0.369. The lowest BCUT2D eigenvalue weighted by Crippen LogP contribution is -2.33. The second-order valence-corrected chi connectivity index (χ2v) is 8.92. The summed E-state index contributed by atoms with van der Waals surface area (Å²) in [6, 6.07) is 14.7. The number of ether oxygens (including phenoxy) is 1. The Balaban J connectivity index is 1.98. The van der Waals surface area contributed by atoms with E-state index in [0.29, 0.717) is 11.4 Å². The predicted molar refractivity (Wildman–Crippen MR) is 107 cm³/mol. The van der Waals surface area contributed by atoms with Crippen LogP contribution in [0.1, 0.15) is 31.4 Å². The summed E-state index contributed by atoms with van der Waals surface area (Å²) in [5, 5.41) is 0. The largest absolute Gasteiger partial charge is 0.496 e. The van der Waals surface area contributed by atoms with E-state index in [9.17, 15) is 8.42 Å². The zero-order valence-electron chi connectivity index (χ0n) is 15.8. The first kappa shape index (κ1) is 20.2. The van der Waals surface area contributed by atoms with Gasteiger partial charge < -0.3 is 4.74 Å². The van der Waals surface area contributed by atoms with Gasteiger partial charge in [0.2, 0.25) is 10.0 Å². The summed E-state index contributed by atoms with van der Waals surface area (Å²) < 4.78 is 32.9. The highest BCUT2D eigenvalue weighted by Crippen LogP contribution is 2.24. The first-order chi connectivity index (χ1) is 12.2. The average Bonchev–Trinajstić information content (AvgIpc) is 2.61. The smallest absolute Gasteiger partial charge is 0.240 e. The molecule has 0 unspecified atom stereocenters. The molecular weight excluding hydrogens is 346 g/mol. The molecule has 26 heavy (non-hydrogen) atoms. The van der Waals surface area contributed by atoms with Crippen molar-refractivity contribution in [2.75, 3.05) is 13.7 Å². The Labute approximate surface area is 157 Å². The van der Waals surface area contributed by atoms with E-state index in [-0.39, 0.29) is 5.41 Å². The van der Waals surface area contributed by atoms with Crippen molar-refractivity contribution in [1.82, 2.24) is 4.72 Å². The van der Waals surface area contributed by atoms with Crippen LogP contribution in [0.2, 0.25) is 0 Å². The topological polar surface area (TPSA) is 55.4 Å². The Hall–Kier alpha value is -2.11. The van der Waals surface area contributed by atoms with Gasteiger partial charge in [0.05, 0.1) is 12.0 Å². The maximum atomic E-state index is 12.4. The molecule has 0 aliphatic rings. The lowest BCUT2D eigenvalue weighted by atomic mass is 9.89. The Morgan fingerprint density at radius 2 is 1.73 bits per heavy atom. The van der Waals surface area contributed by atoms with Crippen molar-refractivity contribution in [1.29, 1.82) is 0 Å². The average molecular weight is 374 g/mol. The third kappa shape index (κ3) is 5.71. The van der Waals surface area contributed by atoms with Crippen molar-refractivity contribution in [3.05, 3.63) is 65.7 Å². The van der Waals surface area contributed by atoms with E-state index in [0.717, 1.165) is 23.3 Å². The summed E-state index contributed by atoms with van der Waals surface area (Å²) in [4.78, 5) is 0.295. The van der Waals surface area contributed by atoms with Gasteiger partial charge in [-0.15, -0.1) is 0 Å². The summed E-state index contributed by atoms with van der Waals surface area (Å²) >= 11 is 0. The van der Waals surface area contributed by atoms with Crippen LogP contribution in [0, 0.1) is 12.3 Å². The van der Waals surface area contributed by atoms with E-state index >= 15 is 0 Å². The van der Waals surface area contributed by atoms with Crippen LogP contribution in [0.4, 0.5) is 0 Å². The molecule has 0 bridgehead atoms. The number of benzene rings is 2. The van der Waals surface area contributed by atoms with Gasteiger partial charge in [-0.3, -0.25) is 0 Å². The maximum Gasteiger partial charge on any atom is 0.240 e. The van der Waals surface area contributed by atoms with E-state index in [2.05, 4.69) is 10.8 Å². The van der Waals surface area contributed by atoms with Crippen molar-refractivity contribution in [3.8, 4) is 5.75 Å². The zero-order chi connectivity index (χ0) is 19.2. The number of methoxy groups -OCH3 is 1.